The van der Waals surface area contributed by atoms with Crippen LogP contribution in [0.2, 0.25) is 0 Å². The Morgan fingerprint density at radius 3 is 2.85 bits per heavy atom. The van der Waals surface area contributed by atoms with Gasteiger partial charge in [0.05, 0.1) is 24.2 Å². The summed E-state index contributed by atoms with van der Waals surface area (Å²) in [6.45, 7) is 4.70. The van der Waals surface area contributed by atoms with E-state index in [0.29, 0.717) is 24.5 Å². The molecule has 2 aromatic heterocycles. The van der Waals surface area contributed by atoms with Gasteiger partial charge in [0.1, 0.15) is 6.10 Å². The van der Waals surface area contributed by atoms with Gasteiger partial charge < -0.3 is 24.2 Å². The lowest BCUT2D eigenvalue weighted by molar-refractivity contribution is -0.150. The van der Waals surface area contributed by atoms with Crippen molar-refractivity contribution in [3.8, 4) is 5.88 Å². The summed E-state index contributed by atoms with van der Waals surface area (Å²) in [6.07, 6.45) is 0.961. The van der Waals surface area contributed by atoms with Crippen molar-refractivity contribution in [1.29, 1.82) is 0 Å². The molecule has 2 aliphatic heterocycles. The van der Waals surface area contributed by atoms with E-state index < -0.39 is 11.9 Å². The molecule has 144 valence electrons. The largest absolute Gasteiger partial charge is 0.481 e. The van der Waals surface area contributed by atoms with Crippen LogP contribution >= 0.6 is 0 Å². The number of ether oxygens (including phenoxy) is 3. The van der Waals surface area contributed by atoms with Crippen molar-refractivity contribution < 1.29 is 24.1 Å². The molecule has 8 heteroatoms. The van der Waals surface area contributed by atoms with Crippen LogP contribution in [0, 0.1) is 5.92 Å². The Morgan fingerprint density at radius 1 is 1.33 bits per heavy atom. The molecular formula is C19H23N3O5. The van der Waals surface area contributed by atoms with E-state index in [1.54, 1.807) is 19.4 Å². The van der Waals surface area contributed by atoms with Crippen LogP contribution in [-0.2, 0) is 9.47 Å². The number of hydrogen-bond donors (Lipinski definition) is 1. The number of hydrogen-bond acceptors (Lipinski definition) is 6. The van der Waals surface area contributed by atoms with Crippen molar-refractivity contribution in [2.24, 2.45) is 5.92 Å². The van der Waals surface area contributed by atoms with Crippen LogP contribution in [0.15, 0.2) is 24.4 Å². The van der Waals surface area contributed by atoms with Gasteiger partial charge in [0.25, 0.3) is 0 Å². The number of amides is 1. The molecule has 0 bridgehead atoms. The lowest BCUT2D eigenvalue weighted by Crippen LogP contribution is -2.32. The Morgan fingerprint density at radius 2 is 2.15 bits per heavy atom. The monoisotopic (exact) mass is 373 g/mol. The molecule has 8 nitrogen and oxygen atoms in total. The van der Waals surface area contributed by atoms with Gasteiger partial charge in [-0.25, -0.2) is 9.78 Å². The Hall–Kier alpha value is -2.45. The van der Waals surface area contributed by atoms with Gasteiger partial charge in [-0.15, -0.1) is 0 Å². The SMILES string of the molecule is COc1ccc2nccc([C@H]3OC(C)(C)O[C@@H]3[C@H]3CCN(C(=O)O)C3)c2n1. The van der Waals surface area contributed by atoms with Crippen molar-refractivity contribution in [2.75, 3.05) is 20.2 Å². The lowest BCUT2D eigenvalue weighted by atomic mass is 9.92. The van der Waals surface area contributed by atoms with Gasteiger partial charge in [-0.1, -0.05) is 0 Å². The van der Waals surface area contributed by atoms with E-state index in [4.69, 9.17) is 14.2 Å². The first kappa shape index (κ1) is 17.9. The van der Waals surface area contributed by atoms with E-state index in [1.165, 1.54) is 4.90 Å². The summed E-state index contributed by atoms with van der Waals surface area (Å²) in [4.78, 5) is 21.7. The molecule has 27 heavy (non-hydrogen) atoms. The third-order valence-corrected chi connectivity index (χ3v) is 5.19. The molecule has 4 rings (SSSR count). The van der Waals surface area contributed by atoms with E-state index in [-0.39, 0.29) is 18.1 Å². The number of pyridine rings is 2. The first-order chi connectivity index (χ1) is 12.9. The summed E-state index contributed by atoms with van der Waals surface area (Å²) in [6, 6.07) is 5.53. The summed E-state index contributed by atoms with van der Waals surface area (Å²) in [5, 5.41) is 9.28. The van der Waals surface area contributed by atoms with E-state index in [1.807, 2.05) is 26.0 Å². The molecule has 0 saturated carbocycles. The standard InChI is InChI=1S/C19H23N3O5/c1-19(2)26-16(11-7-9-22(10-11)18(23)24)17(27-19)12-6-8-20-13-4-5-14(25-3)21-15(12)13/h4-6,8,11,16-17H,7,9-10H2,1-3H3,(H,23,24)/t11-,16+,17+/m0/s1. The third-order valence-electron chi connectivity index (χ3n) is 5.19. The predicted octanol–water partition coefficient (Wildman–Crippen LogP) is 2.83. The molecule has 2 aliphatic rings. The van der Waals surface area contributed by atoms with Crippen molar-refractivity contribution in [1.82, 2.24) is 14.9 Å². The molecule has 0 radical (unpaired) electrons. The topological polar surface area (TPSA) is 94.0 Å². The second-order valence-electron chi connectivity index (χ2n) is 7.42. The lowest BCUT2D eigenvalue weighted by Gasteiger charge is -2.23. The number of rotatable bonds is 3. The maximum atomic E-state index is 11.3. The highest BCUT2D eigenvalue weighted by molar-refractivity contribution is 5.78. The van der Waals surface area contributed by atoms with Gasteiger partial charge >= 0.3 is 6.09 Å². The first-order valence-electron chi connectivity index (χ1n) is 9.01. The summed E-state index contributed by atoms with van der Waals surface area (Å²) in [7, 11) is 1.57. The molecule has 0 aromatic carbocycles. The highest BCUT2D eigenvalue weighted by atomic mass is 16.8. The fourth-order valence-electron chi connectivity index (χ4n) is 3.97. The molecule has 0 spiro atoms. The third kappa shape index (κ3) is 3.30. The minimum atomic E-state index is -0.895. The van der Waals surface area contributed by atoms with Crippen LogP contribution in [0.25, 0.3) is 11.0 Å². The van der Waals surface area contributed by atoms with Crippen molar-refractivity contribution in [3.63, 3.8) is 0 Å². The smallest absolute Gasteiger partial charge is 0.407 e. The maximum Gasteiger partial charge on any atom is 0.407 e. The summed E-state index contributed by atoms with van der Waals surface area (Å²) in [5.74, 6) is -0.202. The van der Waals surface area contributed by atoms with Gasteiger partial charge in [-0.05, 0) is 32.4 Å². The quantitative estimate of drug-likeness (QED) is 0.884. The molecule has 0 aliphatic carbocycles. The molecule has 4 heterocycles. The highest BCUT2D eigenvalue weighted by Gasteiger charge is 2.48. The van der Waals surface area contributed by atoms with E-state index in [2.05, 4.69) is 9.97 Å². The molecule has 0 unspecified atom stereocenters. The highest BCUT2D eigenvalue weighted by Crippen LogP contribution is 2.45. The van der Waals surface area contributed by atoms with Gasteiger partial charge in [0.15, 0.2) is 5.79 Å². The van der Waals surface area contributed by atoms with Crippen molar-refractivity contribution in [3.05, 3.63) is 30.0 Å². The average molecular weight is 373 g/mol. The van der Waals surface area contributed by atoms with Crippen LogP contribution in [-0.4, -0.2) is 58.2 Å². The van der Waals surface area contributed by atoms with Gasteiger partial charge in [-0.3, -0.25) is 4.98 Å². The zero-order chi connectivity index (χ0) is 19.2. The second kappa shape index (κ2) is 6.61. The molecule has 2 fully saturated rings. The van der Waals surface area contributed by atoms with E-state index >= 15 is 0 Å². The zero-order valence-electron chi connectivity index (χ0n) is 15.6. The van der Waals surface area contributed by atoms with Gasteiger partial charge in [-0.2, -0.15) is 0 Å². The number of carboxylic acid groups (broad SMARTS) is 1. The first-order valence-corrected chi connectivity index (χ1v) is 9.01. The number of nitrogens with zero attached hydrogens (tertiary/aromatic N) is 3. The molecular weight excluding hydrogens is 350 g/mol. The second-order valence-corrected chi connectivity index (χ2v) is 7.42. The van der Waals surface area contributed by atoms with Crippen LogP contribution in [0.5, 0.6) is 5.88 Å². The van der Waals surface area contributed by atoms with Crippen LogP contribution in [0.3, 0.4) is 0 Å². The van der Waals surface area contributed by atoms with Crippen LogP contribution < -0.4 is 4.74 Å². The van der Waals surface area contributed by atoms with Gasteiger partial charge in [0.2, 0.25) is 5.88 Å². The van der Waals surface area contributed by atoms with Crippen LogP contribution in [0.4, 0.5) is 4.79 Å². The zero-order valence-corrected chi connectivity index (χ0v) is 15.6. The Bertz CT molecular complexity index is 872. The normalized spacial score (nSPS) is 27.2. The van der Waals surface area contributed by atoms with Crippen molar-refractivity contribution >= 4 is 17.1 Å². The fourth-order valence-corrected chi connectivity index (χ4v) is 3.97. The van der Waals surface area contributed by atoms with Gasteiger partial charge in [0, 0.05) is 36.8 Å². The Balaban J connectivity index is 1.72. The van der Waals surface area contributed by atoms with E-state index in [0.717, 1.165) is 17.5 Å². The van der Waals surface area contributed by atoms with Crippen molar-refractivity contribution in [2.45, 2.75) is 38.3 Å². The fraction of sp³-hybridized carbons (Fsp3) is 0.526. The number of fused-ring (bicyclic) bond motifs is 1. The molecule has 1 amide bonds. The molecule has 3 atom stereocenters. The number of likely N-dealkylation sites (tertiary alicyclic amines) is 1. The maximum absolute atomic E-state index is 11.3. The molecule has 1 N–H and O–H groups in total. The van der Waals surface area contributed by atoms with Crippen LogP contribution in [0.1, 0.15) is 31.9 Å². The summed E-state index contributed by atoms with van der Waals surface area (Å²) in [5.41, 5.74) is 2.34. The average Bonchev–Trinajstić information content (AvgIpc) is 3.25. The number of aromatic nitrogens is 2. The molecule has 2 aromatic rings. The minimum absolute atomic E-state index is 0.0571. The summed E-state index contributed by atoms with van der Waals surface area (Å²) < 4.78 is 17.7. The molecule has 2 saturated heterocycles. The predicted molar refractivity (Wildman–Crippen MR) is 96.6 cm³/mol. The Kier molecular flexibility index (Phi) is 4.39. The minimum Gasteiger partial charge on any atom is -0.481 e. The Labute approximate surface area is 157 Å². The summed E-state index contributed by atoms with van der Waals surface area (Å²) >= 11 is 0. The number of carbonyl (C=O) groups is 1. The van der Waals surface area contributed by atoms with E-state index in [9.17, 15) is 9.90 Å². The number of methoxy groups -OCH3 is 1.